The van der Waals surface area contributed by atoms with E-state index < -0.39 is 10.0 Å². The summed E-state index contributed by atoms with van der Waals surface area (Å²) < 4.78 is 35.2. The average Bonchev–Trinajstić information content (AvgIpc) is 2.64. The highest BCUT2D eigenvalue weighted by Crippen LogP contribution is 2.27. The van der Waals surface area contributed by atoms with Crippen LogP contribution in [-0.4, -0.2) is 41.3 Å². The van der Waals surface area contributed by atoms with Crippen LogP contribution in [0.2, 0.25) is 0 Å². The zero-order chi connectivity index (χ0) is 19.9. The summed E-state index contributed by atoms with van der Waals surface area (Å²) in [4.78, 5) is 12.2. The Bertz CT molecular complexity index is 879. The van der Waals surface area contributed by atoms with E-state index in [-0.39, 0.29) is 5.91 Å². The lowest BCUT2D eigenvalue weighted by atomic mass is 10.1. The lowest BCUT2D eigenvalue weighted by Gasteiger charge is -2.10. The molecule has 0 saturated carbocycles. The number of sulfonamides is 1. The number of carbonyl (C=O) groups is 1. The van der Waals surface area contributed by atoms with Crippen molar-refractivity contribution in [2.45, 2.75) is 12.8 Å². The van der Waals surface area contributed by atoms with Gasteiger partial charge >= 0.3 is 0 Å². The number of ether oxygens (including phenoxy) is 2. The molecule has 2 rings (SSSR count). The number of nitrogens with one attached hydrogen (secondary N) is 2. The van der Waals surface area contributed by atoms with Crippen LogP contribution < -0.4 is 19.5 Å². The Hall–Kier alpha value is -2.74. The second kappa shape index (κ2) is 9.27. The highest BCUT2D eigenvalue weighted by Gasteiger charge is 2.08. The predicted octanol–water partition coefficient (Wildman–Crippen LogP) is 2.44. The van der Waals surface area contributed by atoms with Gasteiger partial charge in [-0.2, -0.15) is 0 Å². The SMILES string of the molecule is COc1ccc(CCCNC(=O)c2ccc(NS(C)(=O)=O)cc2)cc1OC. The lowest BCUT2D eigenvalue weighted by Crippen LogP contribution is -2.24. The number of hydrogen-bond donors (Lipinski definition) is 2. The Balaban J connectivity index is 1.82. The predicted molar refractivity (Wildman–Crippen MR) is 105 cm³/mol. The molecular formula is C19H24N2O5S. The molecule has 0 aromatic heterocycles. The number of hydrogen-bond acceptors (Lipinski definition) is 5. The van der Waals surface area contributed by atoms with Gasteiger partial charge in [-0.1, -0.05) is 6.07 Å². The fourth-order valence-electron chi connectivity index (χ4n) is 2.54. The molecule has 2 aromatic rings. The second-order valence-corrected chi connectivity index (χ2v) is 7.75. The summed E-state index contributed by atoms with van der Waals surface area (Å²) in [5.74, 6) is 1.17. The number of methoxy groups -OCH3 is 2. The summed E-state index contributed by atoms with van der Waals surface area (Å²) in [6.45, 7) is 0.524. The molecule has 0 aliphatic heterocycles. The van der Waals surface area contributed by atoms with Gasteiger partial charge in [-0.25, -0.2) is 8.42 Å². The van der Waals surface area contributed by atoms with Gasteiger partial charge < -0.3 is 14.8 Å². The van der Waals surface area contributed by atoms with E-state index in [1.54, 1.807) is 38.5 Å². The minimum atomic E-state index is -3.33. The third-order valence-electron chi connectivity index (χ3n) is 3.83. The van der Waals surface area contributed by atoms with Crippen LogP contribution in [0.15, 0.2) is 42.5 Å². The maximum absolute atomic E-state index is 12.2. The van der Waals surface area contributed by atoms with Crippen molar-refractivity contribution in [1.29, 1.82) is 0 Å². The molecule has 2 N–H and O–H groups in total. The third kappa shape index (κ3) is 6.49. The third-order valence-corrected chi connectivity index (χ3v) is 4.43. The Morgan fingerprint density at radius 1 is 1.00 bits per heavy atom. The zero-order valence-corrected chi connectivity index (χ0v) is 16.4. The van der Waals surface area contributed by atoms with E-state index in [2.05, 4.69) is 10.0 Å². The largest absolute Gasteiger partial charge is 0.493 e. The van der Waals surface area contributed by atoms with Crippen LogP contribution in [0.25, 0.3) is 0 Å². The normalized spacial score (nSPS) is 10.9. The zero-order valence-electron chi connectivity index (χ0n) is 15.6. The van der Waals surface area contributed by atoms with Gasteiger partial charge in [-0.3, -0.25) is 9.52 Å². The van der Waals surface area contributed by atoms with Crippen molar-refractivity contribution in [2.75, 3.05) is 31.7 Å². The van der Waals surface area contributed by atoms with Crippen molar-refractivity contribution in [3.8, 4) is 11.5 Å². The van der Waals surface area contributed by atoms with Crippen molar-refractivity contribution in [3.63, 3.8) is 0 Å². The number of benzene rings is 2. The first-order valence-corrected chi connectivity index (χ1v) is 10.3. The fourth-order valence-corrected chi connectivity index (χ4v) is 3.10. The molecule has 0 aliphatic carbocycles. The lowest BCUT2D eigenvalue weighted by molar-refractivity contribution is 0.0953. The quantitative estimate of drug-likeness (QED) is 0.639. The van der Waals surface area contributed by atoms with Crippen LogP contribution in [0.4, 0.5) is 5.69 Å². The van der Waals surface area contributed by atoms with Crippen LogP contribution in [0.3, 0.4) is 0 Å². The van der Waals surface area contributed by atoms with Crippen LogP contribution in [-0.2, 0) is 16.4 Å². The molecule has 0 saturated heterocycles. The number of aryl methyl sites for hydroxylation is 1. The topological polar surface area (TPSA) is 93.7 Å². The van der Waals surface area contributed by atoms with Gasteiger partial charge in [0.1, 0.15) is 0 Å². The molecule has 0 bridgehead atoms. The van der Waals surface area contributed by atoms with Gasteiger partial charge in [0.15, 0.2) is 11.5 Å². The summed E-state index contributed by atoms with van der Waals surface area (Å²) in [6.07, 6.45) is 2.64. The highest BCUT2D eigenvalue weighted by molar-refractivity contribution is 7.92. The van der Waals surface area contributed by atoms with Crippen molar-refractivity contribution >= 4 is 21.6 Å². The summed E-state index contributed by atoms with van der Waals surface area (Å²) >= 11 is 0. The molecule has 2 aromatic carbocycles. The second-order valence-electron chi connectivity index (χ2n) is 6.00. The fraction of sp³-hybridized carbons (Fsp3) is 0.316. The Morgan fingerprint density at radius 3 is 2.26 bits per heavy atom. The molecule has 0 heterocycles. The van der Waals surface area contributed by atoms with Crippen molar-refractivity contribution < 1.29 is 22.7 Å². The maximum atomic E-state index is 12.2. The molecule has 8 heteroatoms. The van der Waals surface area contributed by atoms with Crippen LogP contribution in [0.5, 0.6) is 11.5 Å². The molecule has 0 atom stereocenters. The van der Waals surface area contributed by atoms with E-state index in [9.17, 15) is 13.2 Å². The van der Waals surface area contributed by atoms with Gasteiger partial charge in [0, 0.05) is 17.8 Å². The molecule has 0 aliphatic rings. The first-order chi connectivity index (χ1) is 12.8. The van der Waals surface area contributed by atoms with E-state index in [0.29, 0.717) is 29.3 Å². The molecule has 0 fully saturated rings. The standard InChI is InChI=1S/C19H24N2O5S/c1-25-17-11-6-14(13-18(17)26-2)5-4-12-20-19(22)15-7-9-16(10-8-15)21-27(3,23)24/h6-11,13,21H,4-5,12H2,1-3H3,(H,20,22). The number of anilines is 1. The Labute approximate surface area is 159 Å². The molecule has 7 nitrogen and oxygen atoms in total. The molecule has 0 unspecified atom stereocenters. The molecule has 27 heavy (non-hydrogen) atoms. The van der Waals surface area contributed by atoms with Gasteiger partial charge in [0.2, 0.25) is 10.0 Å². The average molecular weight is 392 g/mol. The van der Waals surface area contributed by atoms with E-state index in [1.807, 2.05) is 18.2 Å². The van der Waals surface area contributed by atoms with E-state index in [1.165, 1.54) is 0 Å². The van der Waals surface area contributed by atoms with E-state index in [0.717, 1.165) is 24.7 Å². The van der Waals surface area contributed by atoms with Crippen molar-refractivity contribution in [2.24, 2.45) is 0 Å². The first kappa shape index (κ1) is 20.6. The number of carbonyl (C=O) groups excluding carboxylic acids is 1. The summed E-state index contributed by atoms with van der Waals surface area (Å²) in [5, 5.41) is 2.85. The molecular weight excluding hydrogens is 368 g/mol. The van der Waals surface area contributed by atoms with Gasteiger partial charge in [-0.05, 0) is 54.8 Å². The van der Waals surface area contributed by atoms with Crippen LogP contribution >= 0.6 is 0 Å². The molecule has 1 amide bonds. The first-order valence-electron chi connectivity index (χ1n) is 8.39. The van der Waals surface area contributed by atoms with E-state index in [4.69, 9.17) is 9.47 Å². The molecule has 0 radical (unpaired) electrons. The highest BCUT2D eigenvalue weighted by atomic mass is 32.2. The Kier molecular flexibility index (Phi) is 7.06. The smallest absolute Gasteiger partial charge is 0.251 e. The number of rotatable bonds is 9. The monoisotopic (exact) mass is 392 g/mol. The van der Waals surface area contributed by atoms with Gasteiger partial charge in [0.25, 0.3) is 5.91 Å². The Morgan fingerprint density at radius 2 is 1.67 bits per heavy atom. The van der Waals surface area contributed by atoms with Gasteiger partial charge in [-0.15, -0.1) is 0 Å². The maximum Gasteiger partial charge on any atom is 0.251 e. The summed E-state index contributed by atoms with van der Waals surface area (Å²) in [7, 11) is -0.141. The van der Waals surface area contributed by atoms with Crippen molar-refractivity contribution in [3.05, 3.63) is 53.6 Å². The number of amides is 1. The van der Waals surface area contributed by atoms with Crippen LogP contribution in [0, 0.1) is 0 Å². The minimum Gasteiger partial charge on any atom is -0.493 e. The van der Waals surface area contributed by atoms with Crippen molar-refractivity contribution in [1.82, 2.24) is 5.32 Å². The van der Waals surface area contributed by atoms with Crippen LogP contribution in [0.1, 0.15) is 22.3 Å². The summed E-state index contributed by atoms with van der Waals surface area (Å²) in [5.41, 5.74) is 1.99. The summed E-state index contributed by atoms with van der Waals surface area (Å²) in [6, 6.07) is 12.0. The van der Waals surface area contributed by atoms with Gasteiger partial charge in [0.05, 0.1) is 20.5 Å². The minimum absolute atomic E-state index is 0.201. The molecule has 0 spiro atoms. The molecule has 146 valence electrons. The van der Waals surface area contributed by atoms with E-state index >= 15 is 0 Å².